The molecule has 20 heavy (non-hydrogen) atoms. The average Bonchev–Trinajstić information content (AvgIpc) is 2.47. The van der Waals surface area contributed by atoms with Gasteiger partial charge in [-0.25, -0.2) is 0 Å². The first-order valence-electron chi connectivity index (χ1n) is 7.43. The van der Waals surface area contributed by atoms with Gasteiger partial charge in [-0.15, -0.1) is 0 Å². The van der Waals surface area contributed by atoms with Crippen molar-refractivity contribution in [3.05, 3.63) is 29.8 Å². The van der Waals surface area contributed by atoms with Gasteiger partial charge in [-0.3, -0.25) is 4.79 Å². The van der Waals surface area contributed by atoms with Crippen LogP contribution in [-0.2, 0) is 11.3 Å². The van der Waals surface area contributed by atoms with Crippen LogP contribution in [0.5, 0.6) is 5.75 Å². The summed E-state index contributed by atoms with van der Waals surface area (Å²) in [6.45, 7) is 4.51. The van der Waals surface area contributed by atoms with E-state index in [0.29, 0.717) is 6.54 Å². The van der Waals surface area contributed by atoms with Crippen LogP contribution in [0.1, 0.15) is 38.2 Å². The maximum atomic E-state index is 12.6. The Morgan fingerprint density at radius 2 is 1.95 bits per heavy atom. The molecule has 0 atom stereocenters. The molecule has 1 aliphatic heterocycles. The van der Waals surface area contributed by atoms with Gasteiger partial charge < -0.3 is 15.7 Å². The third kappa shape index (κ3) is 3.51. The zero-order valence-electron chi connectivity index (χ0n) is 12.1. The lowest BCUT2D eigenvalue weighted by Gasteiger charge is -2.36. The number of amides is 1. The standard InChI is InChI=1S/C16H24N2O2/c1-2-7-16(8-10-17-11-9-16)15(20)18-12-13-3-5-14(19)6-4-13/h3-6,17,19H,2,7-12H2,1H3,(H,18,20). The molecule has 0 aromatic heterocycles. The van der Waals surface area contributed by atoms with Gasteiger partial charge in [-0.05, 0) is 50.0 Å². The highest BCUT2D eigenvalue weighted by Gasteiger charge is 2.38. The Kier molecular flexibility index (Phi) is 5.01. The van der Waals surface area contributed by atoms with Crippen LogP contribution in [0.4, 0.5) is 0 Å². The smallest absolute Gasteiger partial charge is 0.226 e. The number of nitrogens with one attached hydrogen (secondary N) is 2. The summed E-state index contributed by atoms with van der Waals surface area (Å²) in [6.07, 6.45) is 3.83. The highest BCUT2D eigenvalue weighted by molar-refractivity contribution is 5.82. The fraction of sp³-hybridized carbons (Fsp3) is 0.562. The second-order valence-corrected chi connectivity index (χ2v) is 5.63. The maximum Gasteiger partial charge on any atom is 0.226 e. The molecule has 4 nitrogen and oxygen atoms in total. The monoisotopic (exact) mass is 276 g/mol. The number of carbonyl (C=O) groups excluding carboxylic acids is 1. The summed E-state index contributed by atoms with van der Waals surface area (Å²) >= 11 is 0. The Morgan fingerprint density at radius 3 is 2.55 bits per heavy atom. The second-order valence-electron chi connectivity index (χ2n) is 5.63. The summed E-state index contributed by atoms with van der Waals surface area (Å²) in [5, 5.41) is 15.6. The predicted octanol–water partition coefficient (Wildman–Crippen LogP) is 2.18. The van der Waals surface area contributed by atoms with Crippen LogP contribution in [0.25, 0.3) is 0 Å². The first kappa shape index (κ1) is 14.9. The normalized spacial score (nSPS) is 17.6. The summed E-state index contributed by atoms with van der Waals surface area (Å²) in [6, 6.07) is 6.97. The van der Waals surface area contributed by atoms with Crippen molar-refractivity contribution in [3.63, 3.8) is 0 Å². The predicted molar refractivity (Wildman–Crippen MR) is 79.4 cm³/mol. The third-order valence-corrected chi connectivity index (χ3v) is 4.16. The van der Waals surface area contributed by atoms with Gasteiger partial charge in [-0.2, -0.15) is 0 Å². The van der Waals surface area contributed by atoms with Crippen molar-refractivity contribution < 1.29 is 9.90 Å². The van der Waals surface area contributed by atoms with Crippen molar-refractivity contribution in [1.82, 2.24) is 10.6 Å². The molecule has 1 aromatic rings. The molecule has 0 aliphatic carbocycles. The number of carbonyl (C=O) groups is 1. The number of piperidine rings is 1. The van der Waals surface area contributed by atoms with Crippen LogP contribution in [0, 0.1) is 5.41 Å². The highest BCUT2D eigenvalue weighted by atomic mass is 16.3. The Morgan fingerprint density at radius 1 is 1.30 bits per heavy atom. The van der Waals surface area contributed by atoms with Gasteiger partial charge in [0, 0.05) is 6.54 Å². The minimum absolute atomic E-state index is 0.175. The van der Waals surface area contributed by atoms with E-state index in [1.807, 2.05) is 12.1 Å². The molecule has 0 bridgehead atoms. The molecule has 1 heterocycles. The lowest BCUT2D eigenvalue weighted by molar-refractivity contribution is -0.133. The molecule has 4 heteroatoms. The summed E-state index contributed by atoms with van der Waals surface area (Å²) < 4.78 is 0. The van der Waals surface area contributed by atoms with E-state index in [9.17, 15) is 9.90 Å². The van der Waals surface area contributed by atoms with E-state index >= 15 is 0 Å². The van der Waals surface area contributed by atoms with E-state index in [1.54, 1.807) is 12.1 Å². The van der Waals surface area contributed by atoms with Gasteiger partial charge in [-0.1, -0.05) is 25.5 Å². The summed E-state index contributed by atoms with van der Waals surface area (Å²) in [5.74, 6) is 0.426. The van der Waals surface area contributed by atoms with E-state index < -0.39 is 0 Å². The minimum Gasteiger partial charge on any atom is -0.508 e. The van der Waals surface area contributed by atoms with E-state index in [1.165, 1.54) is 0 Å². The van der Waals surface area contributed by atoms with Gasteiger partial charge >= 0.3 is 0 Å². The fourth-order valence-corrected chi connectivity index (χ4v) is 2.96. The van der Waals surface area contributed by atoms with Gasteiger partial charge in [0.2, 0.25) is 5.91 Å². The third-order valence-electron chi connectivity index (χ3n) is 4.16. The van der Waals surface area contributed by atoms with Gasteiger partial charge in [0.25, 0.3) is 0 Å². The number of hydrogen-bond donors (Lipinski definition) is 3. The number of benzene rings is 1. The molecule has 1 aromatic carbocycles. The molecular weight excluding hydrogens is 252 g/mol. The largest absolute Gasteiger partial charge is 0.508 e. The van der Waals surface area contributed by atoms with Gasteiger partial charge in [0.05, 0.1) is 5.41 Å². The quantitative estimate of drug-likeness (QED) is 0.772. The molecule has 0 spiro atoms. The second kappa shape index (κ2) is 6.75. The van der Waals surface area contributed by atoms with E-state index in [-0.39, 0.29) is 17.1 Å². The van der Waals surface area contributed by atoms with Crippen LogP contribution >= 0.6 is 0 Å². The molecule has 0 unspecified atom stereocenters. The molecule has 0 saturated carbocycles. The average molecular weight is 276 g/mol. The maximum absolute atomic E-state index is 12.6. The molecule has 1 amide bonds. The molecule has 0 radical (unpaired) electrons. The first-order valence-corrected chi connectivity index (χ1v) is 7.43. The SMILES string of the molecule is CCCC1(C(=O)NCc2ccc(O)cc2)CCNCC1. The molecule has 2 rings (SSSR count). The number of phenolic OH excluding ortho intramolecular Hbond substituents is 1. The van der Waals surface area contributed by atoms with Crippen LogP contribution in [0.15, 0.2) is 24.3 Å². The Bertz CT molecular complexity index is 431. The van der Waals surface area contributed by atoms with E-state index in [2.05, 4.69) is 17.6 Å². The Balaban J connectivity index is 1.96. The number of rotatable bonds is 5. The van der Waals surface area contributed by atoms with Crippen LogP contribution in [0.2, 0.25) is 0 Å². The Labute approximate surface area is 120 Å². The van der Waals surface area contributed by atoms with E-state index in [4.69, 9.17) is 0 Å². The van der Waals surface area contributed by atoms with Gasteiger partial charge in [0.1, 0.15) is 5.75 Å². The van der Waals surface area contributed by atoms with Crippen molar-refractivity contribution in [2.75, 3.05) is 13.1 Å². The first-order chi connectivity index (χ1) is 9.66. The fourth-order valence-electron chi connectivity index (χ4n) is 2.96. The van der Waals surface area contributed by atoms with Crippen LogP contribution in [0.3, 0.4) is 0 Å². The van der Waals surface area contributed by atoms with Crippen molar-refractivity contribution in [1.29, 1.82) is 0 Å². The van der Waals surface area contributed by atoms with Crippen molar-refractivity contribution in [2.24, 2.45) is 5.41 Å². The summed E-state index contributed by atoms with van der Waals surface area (Å²) in [5.41, 5.74) is 0.813. The van der Waals surface area contributed by atoms with Crippen molar-refractivity contribution >= 4 is 5.91 Å². The molecule has 110 valence electrons. The molecule has 3 N–H and O–H groups in total. The highest BCUT2D eigenvalue weighted by Crippen LogP contribution is 2.34. The number of hydrogen-bond acceptors (Lipinski definition) is 3. The van der Waals surface area contributed by atoms with Crippen LogP contribution < -0.4 is 10.6 Å². The number of aromatic hydroxyl groups is 1. The van der Waals surface area contributed by atoms with Crippen molar-refractivity contribution in [3.8, 4) is 5.75 Å². The summed E-state index contributed by atoms with van der Waals surface area (Å²) in [4.78, 5) is 12.6. The molecule has 1 saturated heterocycles. The van der Waals surface area contributed by atoms with E-state index in [0.717, 1.165) is 44.3 Å². The van der Waals surface area contributed by atoms with Crippen LogP contribution in [-0.4, -0.2) is 24.1 Å². The molecular formula is C16H24N2O2. The molecule has 1 fully saturated rings. The van der Waals surface area contributed by atoms with Crippen molar-refractivity contribution in [2.45, 2.75) is 39.2 Å². The zero-order chi connectivity index (χ0) is 14.4. The zero-order valence-corrected chi connectivity index (χ0v) is 12.1. The van der Waals surface area contributed by atoms with Gasteiger partial charge in [0.15, 0.2) is 0 Å². The lowest BCUT2D eigenvalue weighted by atomic mass is 9.74. The number of phenols is 1. The lowest BCUT2D eigenvalue weighted by Crippen LogP contribution is -2.47. The minimum atomic E-state index is -0.198. The Hall–Kier alpha value is -1.55. The molecule has 1 aliphatic rings. The summed E-state index contributed by atoms with van der Waals surface area (Å²) in [7, 11) is 0. The topological polar surface area (TPSA) is 61.4 Å².